The first-order valence-electron chi connectivity index (χ1n) is 8.50. The highest BCUT2D eigenvalue weighted by Crippen LogP contribution is 2.39. The van der Waals surface area contributed by atoms with Crippen molar-refractivity contribution >= 4 is 41.2 Å². The van der Waals surface area contributed by atoms with Gasteiger partial charge in [0.1, 0.15) is 17.1 Å². The fraction of sp³-hybridized carbons (Fsp3) is 0.150. The molecule has 0 spiro atoms. The van der Waals surface area contributed by atoms with Crippen molar-refractivity contribution in [1.29, 1.82) is 0 Å². The highest BCUT2D eigenvalue weighted by molar-refractivity contribution is 6.39. The van der Waals surface area contributed by atoms with Gasteiger partial charge in [0.2, 0.25) is 0 Å². The highest BCUT2D eigenvalue weighted by atomic mass is 35.5. The largest absolute Gasteiger partial charge is 0.504 e. The summed E-state index contributed by atoms with van der Waals surface area (Å²) in [6.45, 7) is 0. The van der Waals surface area contributed by atoms with Gasteiger partial charge in [-0.05, 0) is 23.8 Å². The second-order valence-electron chi connectivity index (χ2n) is 6.05. The molecule has 1 aliphatic heterocycles. The summed E-state index contributed by atoms with van der Waals surface area (Å²) in [5.41, 5.74) is 0.138. The molecule has 1 aliphatic rings. The summed E-state index contributed by atoms with van der Waals surface area (Å²) in [7, 11) is 4.09. The molecule has 0 aromatic heterocycles. The second-order valence-corrected chi connectivity index (χ2v) is 6.45. The van der Waals surface area contributed by atoms with Gasteiger partial charge >= 0.3 is 6.03 Å². The maximum absolute atomic E-state index is 13.1. The molecule has 1 fully saturated rings. The number of ether oxygens (including phenoxy) is 3. The van der Waals surface area contributed by atoms with Crippen LogP contribution in [0, 0.1) is 0 Å². The van der Waals surface area contributed by atoms with Crippen LogP contribution in [0.3, 0.4) is 0 Å². The number of carbonyl (C=O) groups is 3. The first kappa shape index (κ1) is 21.0. The number of anilines is 1. The molecule has 0 aliphatic carbocycles. The Morgan fingerprint density at radius 2 is 1.63 bits per heavy atom. The summed E-state index contributed by atoms with van der Waals surface area (Å²) in [5.74, 6) is -1.35. The Kier molecular flexibility index (Phi) is 5.84. The van der Waals surface area contributed by atoms with Crippen LogP contribution >= 0.6 is 11.6 Å². The zero-order valence-electron chi connectivity index (χ0n) is 16.2. The number of urea groups is 1. The Hall–Kier alpha value is -3.72. The summed E-state index contributed by atoms with van der Waals surface area (Å²) >= 11 is 6.09. The third-order valence-corrected chi connectivity index (χ3v) is 4.61. The molecule has 0 unspecified atom stereocenters. The van der Waals surface area contributed by atoms with Crippen molar-refractivity contribution in [3.8, 4) is 23.0 Å². The molecule has 1 saturated heterocycles. The van der Waals surface area contributed by atoms with E-state index in [1.54, 1.807) is 0 Å². The first-order chi connectivity index (χ1) is 14.3. The second kappa shape index (κ2) is 8.34. The van der Waals surface area contributed by atoms with Crippen molar-refractivity contribution < 1.29 is 33.7 Å². The van der Waals surface area contributed by atoms with Gasteiger partial charge < -0.3 is 19.3 Å². The minimum Gasteiger partial charge on any atom is -0.504 e. The quantitative estimate of drug-likeness (QED) is 0.551. The van der Waals surface area contributed by atoms with E-state index in [1.807, 2.05) is 0 Å². The van der Waals surface area contributed by atoms with Gasteiger partial charge in [0.15, 0.2) is 11.5 Å². The van der Waals surface area contributed by atoms with Crippen LogP contribution in [-0.2, 0) is 9.59 Å². The maximum atomic E-state index is 13.1. The normalized spacial score (nSPS) is 15.3. The number of benzene rings is 2. The highest BCUT2D eigenvalue weighted by Gasteiger charge is 2.38. The van der Waals surface area contributed by atoms with E-state index in [0.717, 1.165) is 4.90 Å². The van der Waals surface area contributed by atoms with Crippen molar-refractivity contribution in [2.24, 2.45) is 0 Å². The molecule has 0 bridgehead atoms. The van der Waals surface area contributed by atoms with E-state index in [0.29, 0.717) is 5.56 Å². The third kappa shape index (κ3) is 3.74. The summed E-state index contributed by atoms with van der Waals surface area (Å²) in [6, 6.07) is 6.07. The van der Waals surface area contributed by atoms with Crippen LogP contribution in [0.2, 0.25) is 5.02 Å². The maximum Gasteiger partial charge on any atom is 0.336 e. The van der Waals surface area contributed by atoms with Crippen molar-refractivity contribution in [2.45, 2.75) is 0 Å². The van der Waals surface area contributed by atoms with Gasteiger partial charge in [0.05, 0.1) is 32.0 Å². The van der Waals surface area contributed by atoms with E-state index < -0.39 is 17.8 Å². The molecule has 2 N–H and O–H groups in total. The van der Waals surface area contributed by atoms with E-state index in [2.05, 4.69) is 5.32 Å². The summed E-state index contributed by atoms with van der Waals surface area (Å²) < 4.78 is 15.4. The SMILES string of the molecule is COc1cc(/C=C2/C(=O)NC(=O)N(c3cc(OC)c(Cl)cc3OC)C2=O)ccc1O. The fourth-order valence-corrected chi connectivity index (χ4v) is 3.08. The number of phenols is 1. The molecule has 2 aromatic carbocycles. The molecule has 30 heavy (non-hydrogen) atoms. The minimum absolute atomic E-state index is 0.0444. The number of barbiturate groups is 1. The molecule has 156 valence electrons. The van der Waals surface area contributed by atoms with Crippen molar-refractivity contribution in [3.05, 3.63) is 46.5 Å². The van der Waals surface area contributed by atoms with Gasteiger partial charge in [-0.1, -0.05) is 17.7 Å². The predicted molar refractivity (Wildman–Crippen MR) is 108 cm³/mol. The number of nitrogens with one attached hydrogen (secondary N) is 1. The van der Waals surface area contributed by atoms with Crippen LogP contribution in [0.1, 0.15) is 5.56 Å². The van der Waals surface area contributed by atoms with Crippen LogP contribution in [0.4, 0.5) is 10.5 Å². The Bertz CT molecular complexity index is 1080. The number of hydrogen-bond acceptors (Lipinski definition) is 7. The van der Waals surface area contributed by atoms with E-state index in [1.165, 1.54) is 57.7 Å². The third-order valence-electron chi connectivity index (χ3n) is 4.31. The lowest BCUT2D eigenvalue weighted by Gasteiger charge is -2.28. The van der Waals surface area contributed by atoms with Crippen molar-refractivity contribution in [2.75, 3.05) is 26.2 Å². The molecule has 0 radical (unpaired) electrons. The van der Waals surface area contributed by atoms with Gasteiger partial charge in [0, 0.05) is 12.1 Å². The molecule has 1 heterocycles. The number of aromatic hydroxyl groups is 1. The molecule has 0 saturated carbocycles. The fourth-order valence-electron chi connectivity index (χ4n) is 2.85. The molecule has 4 amide bonds. The number of carbonyl (C=O) groups excluding carboxylic acids is 3. The summed E-state index contributed by atoms with van der Waals surface area (Å²) in [4.78, 5) is 38.7. The smallest absolute Gasteiger partial charge is 0.336 e. The van der Waals surface area contributed by atoms with E-state index in [-0.39, 0.29) is 39.3 Å². The molecular formula is C20H17ClN2O7. The van der Waals surface area contributed by atoms with Gasteiger partial charge in [-0.2, -0.15) is 0 Å². The Morgan fingerprint density at radius 1 is 0.967 bits per heavy atom. The van der Waals surface area contributed by atoms with Gasteiger partial charge in [-0.15, -0.1) is 0 Å². The number of hydrogen-bond donors (Lipinski definition) is 2. The average Bonchev–Trinajstić information content (AvgIpc) is 2.72. The monoisotopic (exact) mass is 432 g/mol. The Labute approximate surface area is 176 Å². The molecule has 10 heteroatoms. The molecule has 2 aromatic rings. The zero-order valence-corrected chi connectivity index (χ0v) is 16.9. The topological polar surface area (TPSA) is 114 Å². The van der Waals surface area contributed by atoms with Gasteiger partial charge in [-0.3, -0.25) is 14.9 Å². The van der Waals surface area contributed by atoms with Crippen LogP contribution in [0.15, 0.2) is 35.9 Å². The number of imide groups is 2. The van der Waals surface area contributed by atoms with Crippen LogP contribution in [-0.4, -0.2) is 44.3 Å². The first-order valence-corrected chi connectivity index (χ1v) is 8.88. The van der Waals surface area contributed by atoms with E-state index in [4.69, 9.17) is 25.8 Å². The minimum atomic E-state index is -0.951. The lowest BCUT2D eigenvalue weighted by Crippen LogP contribution is -2.54. The Balaban J connectivity index is 2.10. The molecule has 9 nitrogen and oxygen atoms in total. The average molecular weight is 433 g/mol. The lowest BCUT2D eigenvalue weighted by molar-refractivity contribution is -0.122. The van der Waals surface area contributed by atoms with E-state index in [9.17, 15) is 19.5 Å². The van der Waals surface area contributed by atoms with Crippen LogP contribution < -0.4 is 24.4 Å². The van der Waals surface area contributed by atoms with Crippen LogP contribution in [0.25, 0.3) is 6.08 Å². The predicted octanol–water partition coefficient (Wildman–Crippen LogP) is 2.74. The molecule has 3 rings (SSSR count). The number of methoxy groups -OCH3 is 3. The lowest BCUT2D eigenvalue weighted by atomic mass is 10.1. The molecular weight excluding hydrogens is 416 g/mol. The van der Waals surface area contributed by atoms with E-state index >= 15 is 0 Å². The van der Waals surface area contributed by atoms with Crippen molar-refractivity contribution in [3.63, 3.8) is 0 Å². The standard InChI is InChI=1S/C20H17ClN2O7/c1-28-15-9-13(16(29-2)8-12(15)21)23-19(26)11(18(25)22-20(23)27)6-10-4-5-14(24)17(7-10)30-3/h4-9,24H,1-3H3,(H,22,25,27)/b11-6-. The summed E-state index contributed by atoms with van der Waals surface area (Å²) in [6.07, 6.45) is 1.28. The van der Waals surface area contributed by atoms with Gasteiger partial charge in [-0.25, -0.2) is 9.69 Å². The number of phenolic OH excluding ortho intramolecular Hbond substituents is 1. The summed E-state index contributed by atoms with van der Waals surface area (Å²) in [5, 5.41) is 12.1. The van der Waals surface area contributed by atoms with Crippen molar-refractivity contribution in [1.82, 2.24) is 5.32 Å². The number of halogens is 1. The van der Waals surface area contributed by atoms with Gasteiger partial charge in [0.25, 0.3) is 11.8 Å². The zero-order chi connectivity index (χ0) is 22.0. The number of rotatable bonds is 5. The molecule has 0 atom stereocenters. The number of amides is 4. The number of nitrogens with zero attached hydrogens (tertiary/aromatic N) is 1. The van der Waals surface area contributed by atoms with Crippen LogP contribution in [0.5, 0.6) is 23.0 Å². The Morgan fingerprint density at radius 3 is 2.27 bits per heavy atom.